The van der Waals surface area contributed by atoms with Crippen molar-refractivity contribution in [2.45, 2.75) is 32.6 Å². The lowest BCUT2D eigenvalue weighted by molar-refractivity contribution is 0.00959. The molecule has 1 aromatic heterocycles. The van der Waals surface area contributed by atoms with E-state index in [2.05, 4.69) is 15.5 Å². The highest BCUT2D eigenvalue weighted by Gasteiger charge is 2.51. The quantitative estimate of drug-likeness (QED) is 0.872. The molecule has 2 aliphatic heterocycles. The number of likely N-dealkylation sites (tertiary alicyclic amines) is 1. The first-order valence-corrected chi connectivity index (χ1v) is 9.59. The zero-order valence-corrected chi connectivity index (χ0v) is 16.5. The second-order valence-corrected chi connectivity index (χ2v) is 7.72. The number of aryl methyl sites for hydroxylation is 2. The number of methoxy groups -OCH3 is 1. The Kier molecular flexibility index (Phi) is 4.97. The Morgan fingerprint density at radius 1 is 1.32 bits per heavy atom. The van der Waals surface area contributed by atoms with E-state index >= 15 is 0 Å². The third kappa shape index (κ3) is 3.44. The maximum Gasteiger partial charge on any atom is 0.321 e. The van der Waals surface area contributed by atoms with E-state index in [-0.39, 0.29) is 17.4 Å². The summed E-state index contributed by atoms with van der Waals surface area (Å²) in [6, 6.07) is 5.58. The number of carbonyl (C=O) groups is 1. The predicted molar refractivity (Wildman–Crippen MR) is 103 cm³/mol. The van der Waals surface area contributed by atoms with Gasteiger partial charge >= 0.3 is 6.03 Å². The van der Waals surface area contributed by atoms with Gasteiger partial charge in [-0.2, -0.15) is 4.98 Å². The number of carbonyl (C=O) groups excluding carboxylic acids is 1. The highest BCUT2D eigenvalue weighted by atomic mass is 16.5. The first-order valence-electron chi connectivity index (χ1n) is 9.59. The van der Waals surface area contributed by atoms with E-state index in [9.17, 15) is 4.79 Å². The van der Waals surface area contributed by atoms with Gasteiger partial charge in [0, 0.05) is 31.7 Å². The average molecular weight is 386 g/mol. The van der Waals surface area contributed by atoms with Gasteiger partial charge in [-0.15, -0.1) is 0 Å². The molecule has 2 amide bonds. The van der Waals surface area contributed by atoms with Gasteiger partial charge in [0.2, 0.25) is 5.89 Å². The van der Waals surface area contributed by atoms with Crippen molar-refractivity contribution in [3.05, 3.63) is 35.5 Å². The number of hydrogen-bond donors (Lipinski definition) is 1. The average Bonchev–Trinajstić information content (AvgIpc) is 3.26. The Morgan fingerprint density at radius 2 is 2.11 bits per heavy atom. The van der Waals surface area contributed by atoms with Crippen LogP contribution in [0.4, 0.5) is 10.5 Å². The van der Waals surface area contributed by atoms with Crippen LogP contribution in [-0.2, 0) is 4.74 Å². The van der Waals surface area contributed by atoms with Crippen LogP contribution in [0.15, 0.2) is 22.7 Å². The maximum atomic E-state index is 13.1. The molecule has 1 N–H and O–H groups in total. The van der Waals surface area contributed by atoms with E-state index in [1.165, 1.54) is 0 Å². The molecule has 3 heterocycles. The third-order valence-corrected chi connectivity index (χ3v) is 5.86. The van der Waals surface area contributed by atoms with Crippen molar-refractivity contribution >= 4 is 11.7 Å². The lowest BCUT2D eigenvalue weighted by Crippen LogP contribution is -2.38. The molecule has 2 aliphatic rings. The van der Waals surface area contributed by atoms with Gasteiger partial charge in [0.25, 0.3) is 0 Å². The Hall–Kier alpha value is -2.61. The van der Waals surface area contributed by atoms with E-state index in [1.54, 1.807) is 7.11 Å². The van der Waals surface area contributed by atoms with Crippen molar-refractivity contribution in [2.24, 2.45) is 5.41 Å². The molecule has 2 fully saturated rings. The van der Waals surface area contributed by atoms with E-state index in [1.807, 2.05) is 36.9 Å². The van der Waals surface area contributed by atoms with Crippen molar-refractivity contribution < 1.29 is 18.8 Å². The fraction of sp³-hybridized carbons (Fsp3) is 0.550. The number of nitrogens with one attached hydrogen (secondary N) is 1. The molecule has 0 aliphatic carbocycles. The van der Waals surface area contributed by atoms with Crippen molar-refractivity contribution in [1.82, 2.24) is 15.0 Å². The molecule has 8 heteroatoms. The Balaban J connectivity index is 1.57. The first-order chi connectivity index (χ1) is 13.5. The number of nitrogens with zero attached hydrogens (tertiary/aromatic N) is 3. The summed E-state index contributed by atoms with van der Waals surface area (Å²) in [5, 5.41) is 6.96. The minimum atomic E-state index is -0.145. The zero-order chi connectivity index (χ0) is 19.7. The maximum absolute atomic E-state index is 13.1. The Morgan fingerprint density at radius 3 is 2.79 bits per heavy atom. The van der Waals surface area contributed by atoms with Crippen LogP contribution < -0.4 is 10.1 Å². The molecule has 28 heavy (non-hydrogen) atoms. The van der Waals surface area contributed by atoms with Crippen LogP contribution in [0, 0.1) is 19.3 Å². The van der Waals surface area contributed by atoms with Gasteiger partial charge in [0.15, 0.2) is 5.82 Å². The SMILES string of the molecule is COc1ccc(C)cc1NC(=O)N1CC(c2nc(C)no2)C2(CCOCC2)C1. The summed E-state index contributed by atoms with van der Waals surface area (Å²) in [6.45, 7) is 6.35. The Labute approximate surface area is 164 Å². The molecule has 1 spiro atoms. The third-order valence-electron chi connectivity index (χ3n) is 5.86. The summed E-state index contributed by atoms with van der Waals surface area (Å²) in [5.41, 5.74) is 1.63. The van der Waals surface area contributed by atoms with Crippen LogP contribution in [0.2, 0.25) is 0 Å². The molecule has 8 nitrogen and oxygen atoms in total. The highest BCUT2D eigenvalue weighted by Crippen LogP contribution is 2.49. The van der Waals surface area contributed by atoms with Crippen LogP contribution in [0.3, 0.4) is 0 Å². The minimum absolute atomic E-state index is 0.0164. The fourth-order valence-electron chi connectivity index (χ4n) is 4.32. The molecule has 2 aromatic rings. The first kappa shape index (κ1) is 18.7. The second-order valence-electron chi connectivity index (χ2n) is 7.72. The normalized spacial score (nSPS) is 21.1. The molecule has 0 radical (unpaired) electrons. The van der Waals surface area contributed by atoms with Gasteiger partial charge in [-0.05, 0) is 44.4 Å². The smallest absolute Gasteiger partial charge is 0.321 e. The number of hydrogen-bond acceptors (Lipinski definition) is 6. The number of benzene rings is 1. The molecule has 2 saturated heterocycles. The molecule has 150 valence electrons. The predicted octanol–water partition coefficient (Wildman–Crippen LogP) is 3.12. The molecule has 0 saturated carbocycles. The van der Waals surface area contributed by atoms with Gasteiger partial charge in [-0.3, -0.25) is 0 Å². The van der Waals surface area contributed by atoms with E-state index in [0.29, 0.717) is 49.5 Å². The van der Waals surface area contributed by atoms with Crippen molar-refractivity contribution in [1.29, 1.82) is 0 Å². The summed E-state index contributed by atoms with van der Waals surface area (Å²) in [5.74, 6) is 1.89. The van der Waals surface area contributed by atoms with E-state index in [0.717, 1.165) is 18.4 Å². The molecular weight excluding hydrogens is 360 g/mol. The van der Waals surface area contributed by atoms with Gasteiger partial charge in [0.1, 0.15) is 5.75 Å². The largest absolute Gasteiger partial charge is 0.495 e. The standard InChI is InChI=1S/C20H26N4O4/c1-13-4-5-17(26-3)16(10-13)22-19(25)24-11-15(18-21-14(2)23-28-18)20(12-24)6-8-27-9-7-20/h4-5,10,15H,6-9,11-12H2,1-3H3,(H,22,25). The van der Waals surface area contributed by atoms with Crippen LogP contribution >= 0.6 is 0 Å². The van der Waals surface area contributed by atoms with Crippen molar-refractivity contribution in [3.63, 3.8) is 0 Å². The van der Waals surface area contributed by atoms with Gasteiger partial charge < -0.3 is 24.2 Å². The summed E-state index contributed by atoms with van der Waals surface area (Å²) in [6.07, 6.45) is 1.74. The van der Waals surface area contributed by atoms with Crippen LogP contribution in [0.25, 0.3) is 0 Å². The summed E-state index contributed by atoms with van der Waals surface area (Å²) >= 11 is 0. The summed E-state index contributed by atoms with van der Waals surface area (Å²) in [4.78, 5) is 19.4. The van der Waals surface area contributed by atoms with Crippen molar-refractivity contribution in [2.75, 3.05) is 38.7 Å². The monoisotopic (exact) mass is 386 g/mol. The lowest BCUT2D eigenvalue weighted by Gasteiger charge is -2.36. The number of aromatic nitrogens is 2. The van der Waals surface area contributed by atoms with Crippen LogP contribution in [0.5, 0.6) is 5.75 Å². The Bertz CT molecular complexity index is 860. The second kappa shape index (κ2) is 7.43. The molecule has 1 unspecified atom stereocenters. The molecule has 1 atom stereocenters. The highest BCUT2D eigenvalue weighted by molar-refractivity contribution is 5.91. The number of urea groups is 1. The molecule has 0 bridgehead atoms. The van der Waals surface area contributed by atoms with E-state index in [4.69, 9.17) is 14.0 Å². The number of anilines is 1. The van der Waals surface area contributed by atoms with Gasteiger partial charge in [0.05, 0.1) is 18.7 Å². The van der Waals surface area contributed by atoms with Gasteiger partial charge in [-0.1, -0.05) is 11.2 Å². The molecule has 1 aromatic carbocycles. The van der Waals surface area contributed by atoms with Crippen LogP contribution in [-0.4, -0.2) is 54.5 Å². The van der Waals surface area contributed by atoms with Gasteiger partial charge in [-0.25, -0.2) is 4.79 Å². The topological polar surface area (TPSA) is 89.7 Å². The number of amides is 2. The molecular formula is C20H26N4O4. The minimum Gasteiger partial charge on any atom is -0.495 e. The zero-order valence-electron chi connectivity index (χ0n) is 16.5. The number of ether oxygens (including phenoxy) is 2. The number of rotatable bonds is 3. The van der Waals surface area contributed by atoms with E-state index < -0.39 is 0 Å². The van der Waals surface area contributed by atoms with Crippen LogP contribution in [0.1, 0.15) is 36.0 Å². The summed E-state index contributed by atoms with van der Waals surface area (Å²) < 4.78 is 16.5. The lowest BCUT2D eigenvalue weighted by atomic mass is 9.72. The summed E-state index contributed by atoms with van der Waals surface area (Å²) in [7, 11) is 1.60. The van der Waals surface area contributed by atoms with Crippen molar-refractivity contribution in [3.8, 4) is 5.75 Å². The molecule has 4 rings (SSSR count). The fourth-order valence-corrected chi connectivity index (χ4v) is 4.32.